The van der Waals surface area contributed by atoms with Gasteiger partial charge in [0.25, 0.3) is 20.2 Å². The van der Waals surface area contributed by atoms with Crippen LogP contribution in [0.5, 0.6) is 0 Å². The van der Waals surface area contributed by atoms with Crippen molar-refractivity contribution in [3.05, 3.63) is 162 Å². The molecule has 0 atom stereocenters. The quantitative estimate of drug-likeness (QED) is 0.0629. The molecule has 0 saturated heterocycles. The van der Waals surface area contributed by atoms with Crippen molar-refractivity contribution in [3.63, 3.8) is 0 Å². The fourth-order valence-corrected chi connectivity index (χ4v) is 10.3. The Hall–Kier alpha value is -6.98. The van der Waals surface area contributed by atoms with Crippen LogP contribution in [0.4, 0.5) is 34.1 Å². The van der Waals surface area contributed by atoms with Crippen molar-refractivity contribution in [2.45, 2.75) is 57.8 Å². The second kappa shape index (κ2) is 14.8. The van der Waals surface area contributed by atoms with Crippen LogP contribution in [-0.2, 0) is 26.7 Å². The molecule has 2 aliphatic carbocycles. The van der Waals surface area contributed by atoms with Gasteiger partial charge in [0.05, 0.1) is 45.0 Å². The van der Waals surface area contributed by atoms with Crippen molar-refractivity contribution in [2.75, 3.05) is 22.1 Å². The van der Waals surface area contributed by atoms with Gasteiger partial charge in [-0.05, 0) is 105 Å². The van der Waals surface area contributed by atoms with Crippen LogP contribution in [0.2, 0.25) is 0 Å². The molecule has 0 amide bonds. The minimum absolute atomic E-state index is 0.0448. The van der Waals surface area contributed by atoms with Gasteiger partial charge in [-0.25, -0.2) is 0 Å². The number of nitrogens with two attached hydrogens (primary N) is 2. The minimum atomic E-state index is -4.97. The number of rotatable bonds is 8. The van der Waals surface area contributed by atoms with Crippen LogP contribution >= 0.6 is 0 Å². The van der Waals surface area contributed by atoms with Crippen LogP contribution in [0.15, 0.2) is 82.6 Å². The van der Waals surface area contributed by atoms with E-state index in [1.165, 1.54) is 24.3 Å². The first-order valence-corrected chi connectivity index (χ1v) is 22.4. The zero-order chi connectivity index (χ0) is 45.8. The molecular formula is C47H40N4O10S2. The highest BCUT2D eigenvalue weighted by Crippen LogP contribution is 2.44. The Kier molecular flexibility index (Phi) is 10.1. The molecule has 8 rings (SSSR count). The number of benzene rings is 6. The number of hydrogen-bond donors (Lipinski definition) is 6. The number of fused-ring (bicyclic) bond motifs is 4. The van der Waals surface area contributed by atoms with Gasteiger partial charge in [-0.3, -0.25) is 28.3 Å². The number of nitrogen functional groups attached to an aromatic ring is 2. The molecule has 0 bridgehead atoms. The molecule has 6 aromatic carbocycles. The fraction of sp³-hybridized carbons (Fsp3) is 0.149. The van der Waals surface area contributed by atoms with Gasteiger partial charge >= 0.3 is 0 Å². The predicted molar refractivity (Wildman–Crippen MR) is 239 cm³/mol. The first kappa shape index (κ1) is 42.7. The predicted octanol–water partition coefficient (Wildman–Crippen LogP) is 7.82. The molecule has 6 aromatic rings. The van der Waals surface area contributed by atoms with E-state index in [2.05, 4.69) is 10.6 Å². The van der Waals surface area contributed by atoms with Crippen LogP contribution < -0.4 is 22.1 Å². The first-order chi connectivity index (χ1) is 29.5. The lowest BCUT2D eigenvalue weighted by Crippen LogP contribution is -2.25. The molecule has 0 unspecified atom stereocenters. The molecular weight excluding hydrogens is 845 g/mol. The van der Waals surface area contributed by atoms with Crippen molar-refractivity contribution in [1.29, 1.82) is 0 Å². The van der Waals surface area contributed by atoms with Crippen LogP contribution in [0.25, 0.3) is 0 Å². The molecule has 0 radical (unpaired) electrons. The molecule has 16 heteroatoms. The second-order valence-corrected chi connectivity index (χ2v) is 18.7. The third kappa shape index (κ3) is 6.78. The highest BCUT2D eigenvalue weighted by molar-refractivity contribution is 7.86. The number of nitrogens with one attached hydrogen (secondary N) is 2. The van der Waals surface area contributed by atoms with E-state index >= 15 is 0 Å². The molecule has 0 saturated carbocycles. The lowest BCUT2D eigenvalue weighted by Gasteiger charge is -2.26. The van der Waals surface area contributed by atoms with Crippen molar-refractivity contribution >= 4 is 77.5 Å². The van der Waals surface area contributed by atoms with Crippen LogP contribution in [0.3, 0.4) is 0 Å². The monoisotopic (exact) mass is 884 g/mol. The van der Waals surface area contributed by atoms with Gasteiger partial charge in [0, 0.05) is 33.6 Å². The maximum Gasteiger partial charge on any atom is 0.296 e. The zero-order valence-corrected chi connectivity index (χ0v) is 36.4. The summed E-state index contributed by atoms with van der Waals surface area (Å²) < 4.78 is 71.0. The van der Waals surface area contributed by atoms with Crippen molar-refractivity contribution in [2.24, 2.45) is 0 Å². The van der Waals surface area contributed by atoms with Crippen molar-refractivity contribution in [3.8, 4) is 0 Å². The third-order valence-corrected chi connectivity index (χ3v) is 13.9. The lowest BCUT2D eigenvalue weighted by atomic mass is 9.82. The SMILES string of the molecule is Cc1cc(C)c(Nc2cc(S(=O)(=O)O)c(N)c3c2C(=O)c2ccccc2C3=O)c(C)c1Cc1c(C)cc(C)c(Nc2cc(S(=O)(=O)O)c(N)c3c2C(=O)c2ccccc2C3=O)c1C. The van der Waals surface area contributed by atoms with Gasteiger partial charge in [0.1, 0.15) is 9.79 Å². The first-order valence-electron chi connectivity index (χ1n) is 19.5. The Bertz CT molecular complexity index is 3150. The normalized spacial score (nSPS) is 13.3. The average Bonchev–Trinajstić information content (AvgIpc) is 3.21. The number of anilines is 6. The molecule has 14 nitrogen and oxygen atoms in total. The summed E-state index contributed by atoms with van der Waals surface area (Å²) in [6, 6.07) is 18.2. The lowest BCUT2D eigenvalue weighted by molar-refractivity contribution is 0.0980. The van der Waals surface area contributed by atoms with Gasteiger partial charge in [-0.1, -0.05) is 60.7 Å². The molecule has 63 heavy (non-hydrogen) atoms. The van der Waals surface area contributed by atoms with E-state index in [4.69, 9.17) is 11.5 Å². The van der Waals surface area contributed by atoms with E-state index in [9.17, 15) is 45.1 Å². The van der Waals surface area contributed by atoms with E-state index in [1.54, 1.807) is 24.3 Å². The molecule has 0 aliphatic heterocycles. The van der Waals surface area contributed by atoms with Crippen LogP contribution in [0, 0.1) is 41.5 Å². The standard InChI is InChI=1S/C47H40N4O10S2/c1-20-15-22(3)42(50-32-18-34(62(56,57)58)40(48)38-36(32)44(52)26-11-7-9-13-28(26)46(38)54)24(5)30(20)17-31-21(2)16-23(4)43(25(31)6)51-33-19-35(63(59,60)61)41(49)39-37(33)45(53)27-12-8-10-14-29(27)47(39)55/h7-16,18-19,50-51H,17,48-49H2,1-6H3,(H,56,57,58)(H,59,60,61). The molecule has 0 fully saturated rings. The van der Waals surface area contributed by atoms with Crippen LogP contribution in [-0.4, -0.2) is 49.1 Å². The third-order valence-electron chi connectivity index (χ3n) is 12.1. The Morgan fingerprint density at radius 1 is 0.476 bits per heavy atom. The molecule has 0 spiro atoms. The van der Waals surface area contributed by atoms with Crippen molar-refractivity contribution < 1.29 is 45.1 Å². The van der Waals surface area contributed by atoms with E-state index in [1.807, 2.05) is 53.7 Å². The Morgan fingerprint density at radius 2 is 0.778 bits per heavy atom. The summed E-state index contributed by atoms with van der Waals surface area (Å²) in [5.41, 5.74) is 17.9. The van der Waals surface area contributed by atoms with Crippen LogP contribution in [0.1, 0.15) is 108 Å². The highest BCUT2D eigenvalue weighted by atomic mass is 32.2. The van der Waals surface area contributed by atoms with Gasteiger partial charge in [-0.2, -0.15) is 16.8 Å². The number of carbonyl (C=O) groups excluding carboxylic acids is 4. The van der Waals surface area contributed by atoms with Gasteiger partial charge < -0.3 is 22.1 Å². The number of aryl methyl sites for hydroxylation is 4. The minimum Gasteiger partial charge on any atom is -0.397 e. The second-order valence-electron chi connectivity index (χ2n) is 15.9. The smallest absolute Gasteiger partial charge is 0.296 e. The largest absolute Gasteiger partial charge is 0.397 e. The molecule has 0 heterocycles. The topological polar surface area (TPSA) is 253 Å². The van der Waals surface area contributed by atoms with Gasteiger partial charge in [-0.15, -0.1) is 0 Å². The summed E-state index contributed by atoms with van der Waals surface area (Å²) in [6.45, 7) is 11.2. The van der Waals surface area contributed by atoms with E-state index in [-0.39, 0.29) is 55.9 Å². The molecule has 2 aliphatic rings. The maximum absolute atomic E-state index is 14.1. The molecule has 0 aromatic heterocycles. The van der Waals surface area contributed by atoms with E-state index in [0.717, 1.165) is 34.4 Å². The summed E-state index contributed by atoms with van der Waals surface area (Å²) in [5, 5.41) is 6.47. The van der Waals surface area contributed by atoms with Gasteiger partial charge in [0.15, 0.2) is 23.1 Å². The highest BCUT2D eigenvalue weighted by Gasteiger charge is 2.38. The summed E-state index contributed by atoms with van der Waals surface area (Å²) in [4.78, 5) is 54.4. The summed E-state index contributed by atoms with van der Waals surface area (Å²) >= 11 is 0. The Morgan fingerprint density at radius 3 is 1.08 bits per heavy atom. The summed E-state index contributed by atoms with van der Waals surface area (Å²) in [6.07, 6.45) is 0.321. The summed E-state index contributed by atoms with van der Waals surface area (Å²) in [5.74, 6) is -2.47. The summed E-state index contributed by atoms with van der Waals surface area (Å²) in [7, 11) is -9.94. The zero-order valence-electron chi connectivity index (χ0n) is 34.8. The maximum atomic E-state index is 14.1. The Balaban J connectivity index is 1.25. The molecule has 320 valence electrons. The average molecular weight is 885 g/mol. The molecule has 8 N–H and O–H groups in total. The number of carbonyl (C=O) groups is 4. The fourth-order valence-electron chi connectivity index (χ4n) is 9.04. The van der Waals surface area contributed by atoms with E-state index < -0.39 is 64.5 Å². The van der Waals surface area contributed by atoms with Gasteiger partial charge in [0.2, 0.25) is 0 Å². The van der Waals surface area contributed by atoms with Crippen molar-refractivity contribution in [1.82, 2.24) is 0 Å². The Labute approximate surface area is 362 Å². The number of hydrogen-bond acceptors (Lipinski definition) is 12. The van der Waals surface area contributed by atoms with E-state index in [0.29, 0.717) is 40.0 Å². The number of ketones is 4.